The minimum Gasteiger partial charge on any atom is -0.406 e. The zero-order valence-corrected chi connectivity index (χ0v) is 8.74. The lowest BCUT2D eigenvalue weighted by Crippen LogP contribution is -2.03. The first-order valence-corrected chi connectivity index (χ1v) is 4.34. The first-order valence-electron chi connectivity index (χ1n) is 3.20. The topological polar surface area (TPSA) is 39.2 Å². The average molecular weight is 240 g/mol. The number of nitrogens with zero attached hydrogens (tertiary/aromatic N) is 1. The lowest BCUT2D eigenvalue weighted by molar-refractivity contribution is -0.132. The second-order valence-corrected chi connectivity index (χ2v) is 3.31. The first kappa shape index (κ1) is 10.6. The van der Waals surface area contributed by atoms with E-state index in [1.807, 2.05) is 0 Å². The summed E-state index contributed by atoms with van der Waals surface area (Å²) in [5.74, 6) is -0.612. The number of esters is 1. The molecule has 1 heterocycles. The minimum atomic E-state index is -0.535. The highest BCUT2D eigenvalue weighted by molar-refractivity contribution is 6.43. The molecule has 0 fully saturated rings. The van der Waals surface area contributed by atoms with E-state index in [0.717, 1.165) is 0 Å². The second kappa shape index (κ2) is 4.13. The first-order chi connectivity index (χ1) is 6.00. The van der Waals surface area contributed by atoms with E-state index >= 15 is 0 Å². The Morgan fingerprint density at radius 3 is 2.62 bits per heavy atom. The highest BCUT2D eigenvalue weighted by Gasteiger charge is 2.11. The van der Waals surface area contributed by atoms with Gasteiger partial charge in [-0.3, -0.25) is 4.79 Å². The summed E-state index contributed by atoms with van der Waals surface area (Å²) in [7, 11) is 0. The molecule has 0 atom stereocenters. The van der Waals surface area contributed by atoms with Crippen LogP contribution in [0.15, 0.2) is 6.07 Å². The molecule has 1 aromatic heterocycles. The molecule has 0 aliphatic rings. The van der Waals surface area contributed by atoms with Gasteiger partial charge in [0.05, 0.1) is 5.02 Å². The lowest BCUT2D eigenvalue weighted by Gasteiger charge is -2.03. The van der Waals surface area contributed by atoms with E-state index in [0.29, 0.717) is 0 Å². The van der Waals surface area contributed by atoms with Gasteiger partial charge in [-0.15, -0.1) is 0 Å². The maximum absolute atomic E-state index is 10.6. The standard InChI is InChI=1S/C7H4Cl3NO2/c1-3(12)13-7-6(10)4(8)2-5(9)11-7/h2H,1H3. The molecule has 3 nitrogen and oxygen atoms in total. The molecule has 0 spiro atoms. The van der Waals surface area contributed by atoms with E-state index in [2.05, 4.69) is 9.72 Å². The molecule has 0 N–H and O–H groups in total. The maximum atomic E-state index is 10.6. The number of pyridine rings is 1. The normalized spacial score (nSPS) is 9.85. The van der Waals surface area contributed by atoms with E-state index in [9.17, 15) is 4.79 Å². The van der Waals surface area contributed by atoms with Gasteiger partial charge in [-0.05, 0) is 6.07 Å². The summed E-state index contributed by atoms with van der Waals surface area (Å²) < 4.78 is 4.66. The average Bonchev–Trinajstić information content (AvgIpc) is 1.98. The Bertz CT molecular complexity index is 354. The number of rotatable bonds is 1. The zero-order valence-electron chi connectivity index (χ0n) is 6.47. The van der Waals surface area contributed by atoms with Crippen molar-refractivity contribution in [3.63, 3.8) is 0 Å². The van der Waals surface area contributed by atoms with Gasteiger partial charge in [-0.25, -0.2) is 0 Å². The summed E-state index contributed by atoms with van der Waals surface area (Å²) in [6.07, 6.45) is 0. The highest BCUT2D eigenvalue weighted by Crippen LogP contribution is 2.32. The molecule has 1 aromatic rings. The van der Waals surface area contributed by atoms with Crippen molar-refractivity contribution >= 4 is 40.8 Å². The summed E-state index contributed by atoms with van der Waals surface area (Å²) in [6, 6.07) is 1.36. The van der Waals surface area contributed by atoms with Crippen molar-refractivity contribution in [3.8, 4) is 5.88 Å². The molecule has 0 saturated heterocycles. The Morgan fingerprint density at radius 2 is 2.08 bits per heavy atom. The monoisotopic (exact) mass is 239 g/mol. The van der Waals surface area contributed by atoms with Gasteiger partial charge in [0.1, 0.15) is 10.2 Å². The number of ether oxygens (including phenoxy) is 1. The van der Waals surface area contributed by atoms with Crippen LogP contribution in [-0.2, 0) is 4.79 Å². The van der Waals surface area contributed by atoms with Gasteiger partial charge in [-0.1, -0.05) is 34.8 Å². The Morgan fingerprint density at radius 1 is 1.46 bits per heavy atom. The molecule has 13 heavy (non-hydrogen) atoms. The van der Waals surface area contributed by atoms with Gasteiger partial charge in [0.2, 0.25) is 5.88 Å². The summed E-state index contributed by atoms with van der Waals surface area (Å²) in [4.78, 5) is 14.3. The fourth-order valence-electron chi connectivity index (χ4n) is 0.652. The highest BCUT2D eigenvalue weighted by atomic mass is 35.5. The van der Waals surface area contributed by atoms with Crippen LogP contribution in [0.5, 0.6) is 5.88 Å². The molecular weight excluding hydrogens is 236 g/mol. The van der Waals surface area contributed by atoms with Crippen molar-refractivity contribution in [1.82, 2.24) is 4.98 Å². The Kier molecular flexibility index (Phi) is 3.36. The largest absolute Gasteiger partial charge is 0.406 e. The van der Waals surface area contributed by atoms with Crippen molar-refractivity contribution in [1.29, 1.82) is 0 Å². The molecule has 0 radical (unpaired) electrons. The predicted molar refractivity (Wildman–Crippen MR) is 50.6 cm³/mol. The summed E-state index contributed by atoms with van der Waals surface area (Å²) in [5, 5.41) is 0.379. The number of halogens is 3. The van der Waals surface area contributed by atoms with Crippen molar-refractivity contribution in [2.24, 2.45) is 0 Å². The zero-order chi connectivity index (χ0) is 10.0. The Hall–Kier alpha value is -0.510. The van der Waals surface area contributed by atoms with Crippen molar-refractivity contribution in [2.45, 2.75) is 6.92 Å². The molecule has 0 aliphatic carbocycles. The van der Waals surface area contributed by atoms with Crippen LogP contribution in [0, 0.1) is 0 Å². The third kappa shape index (κ3) is 2.72. The molecule has 6 heteroatoms. The van der Waals surface area contributed by atoms with Crippen LogP contribution in [0.25, 0.3) is 0 Å². The third-order valence-corrected chi connectivity index (χ3v) is 2.05. The molecule has 0 unspecified atom stereocenters. The molecule has 0 saturated carbocycles. The summed E-state index contributed by atoms with van der Waals surface area (Å²) >= 11 is 16.9. The number of hydrogen-bond donors (Lipinski definition) is 0. The maximum Gasteiger partial charge on any atom is 0.309 e. The number of aromatic nitrogens is 1. The van der Waals surface area contributed by atoms with Crippen LogP contribution in [-0.4, -0.2) is 11.0 Å². The fourth-order valence-corrected chi connectivity index (χ4v) is 1.21. The molecule has 0 aliphatic heterocycles. The Balaban J connectivity index is 3.12. The van der Waals surface area contributed by atoms with Crippen LogP contribution < -0.4 is 4.74 Å². The van der Waals surface area contributed by atoms with Crippen LogP contribution in [0.3, 0.4) is 0 Å². The molecule has 0 bridgehead atoms. The van der Waals surface area contributed by atoms with Crippen molar-refractivity contribution in [2.75, 3.05) is 0 Å². The lowest BCUT2D eigenvalue weighted by atomic mass is 10.5. The smallest absolute Gasteiger partial charge is 0.309 e. The fraction of sp³-hybridized carbons (Fsp3) is 0.143. The number of carbonyl (C=O) groups excluding carboxylic acids is 1. The third-order valence-electron chi connectivity index (χ3n) is 1.09. The second-order valence-electron chi connectivity index (χ2n) is 2.14. The molecule has 1 rings (SSSR count). The molecule has 0 amide bonds. The van der Waals surface area contributed by atoms with Gasteiger partial charge in [0, 0.05) is 6.92 Å². The van der Waals surface area contributed by atoms with E-state index in [1.165, 1.54) is 13.0 Å². The van der Waals surface area contributed by atoms with E-state index in [4.69, 9.17) is 34.8 Å². The summed E-state index contributed by atoms with van der Waals surface area (Å²) in [6.45, 7) is 1.23. The molecule has 0 aromatic carbocycles. The summed E-state index contributed by atoms with van der Waals surface area (Å²) in [5.41, 5.74) is 0. The number of carbonyl (C=O) groups is 1. The van der Waals surface area contributed by atoms with Crippen molar-refractivity contribution in [3.05, 3.63) is 21.3 Å². The van der Waals surface area contributed by atoms with Crippen LogP contribution >= 0.6 is 34.8 Å². The van der Waals surface area contributed by atoms with Gasteiger partial charge >= 0.3 is 5.97 Å². The molecular formula is C7H4Cl3NO2. The van der Waals surface area contributed by atoms with Gasteiger partial charge in [0.25, 0.3) is 0 Å². The van der Waals surface area contributed by atoms with E-state index in [-0.39, 0.29) is 21.1 Å². The van der Waals surface area contributed by atoms with Crippen LogP contribution in [0.2, 0.25) is 15.2 Å². The SMILES string of the molecule is CC(=O)Oc1nc(Cl)cc(Cl)c1Cl. The molecule has 70 valence electrons. The minimum absolute atomic E-state index is 0.0706. The van der Waals surface area contributed by atoms with Crippen molar-refractivity contribution < 1.29 is 9.53 Å². The van der Waals surface area contributed by atoms with Crippen LogP contribution in [0.1, 0.15) is 6.92 Å². The van der Waals surface area contributed by atoms with Crippen LogP contribution in [0.4, 0.5) is 0 Å². The van der Waals surface area contributed by atoms with Gasteiger partial charge in [-0.2, -0.15) is 4.98 Å². The number of hydrogen-bond acceptors (Lipinski definition) is 3. The van der Waals surface area contributed by atoms with E-state index < -0.39 is 5.97 Å². The van der Waals surface area contributed by atoms with Gasteiger partial charge in [0.15, 0.2) is 0 Å². The van der Waals surface area contributed by atoms with E-state index in [1.54, 1.807) is 0 Å². The predicted octanol–water partition coefficient (Wildman–Crippen LogP) is 2.97. The quantitative estimate of drug-likeness (QED) is 0.559. The van der Waals surface area contributed by atoms with Gasteiger partial charge < -0.3 is 4.74 Å². The Labute approximate surface area is 89.6 Å².